The first-order chi connectivity index (χ1) is 59.9. The Morgan fingerprint density at radius 2 is 0.587 bits per heavy atom. The number of benzene rings is 1. The molecule has 0 saturated carbocycles. The molecule has 0 aliphatic carbocycles. The standard InChI is InChI=1S/C9H13N.C9H12.2C8H12N2.2C8H11N.2C7H11N3.2C7H10N2.C6H9N3.11C2H6/c1-9(2,3)8-6-4-5-7-10-8;1-8(2)9-6-4-3-5-7-9;1-8(2,3)7-6-9-4-5-10-7;1-8(2,3)7-5-4-6-9-10-7;1-7(2)8-3-5-9-6-4-8;1-7(2)8-4-3-5-9-6-8;1-7(2,3)6-4-9-10-5-8-6;1-7(2,3)6-8-4-5-9-10-6;1-6(2)7-3-4-8-5-9-7;1-6(2)7-8-4-3-5-9-7;1-5(2)6-8-3-7-4-9-6;11*1-2/h4-7H,1-3H3;3-8H,1-2H3;2*4-6H,1-3H3;2*3-7H,1-2H3;2*4-5H,1-3H3;2*3-6H,1-2H3;3-5H,1-2H3;11*1-2H3. The molecule has 0 atom stereocenters. The van der Waals surface area contributed by atoms with E-state index in [2.05, 4.69) is 324 Å². The molecule has 1 aromatic carbocycles. The topological polar surface area (TPSA) is 258 Å². The Labute approximate surface area is 775 Å². The Bertz CT molecular complexity index is 3140. The van der Waals surface area contributed by atoms with Crippen LogP contribution < -0.4 is 0 Å². The van der Waals surface area contributed by atoms with Gasteiger partial charge in [-0.15, -0.1) is 10.2 Å². The predicted octanol–water partition coefficient (Wildman–Crippen LogP) is 31.0. The molecule has 10 aromatic heterocycles. The molecule has 0 aliphatic heterocycles. The summed E-state index contributed by atoms with van der Waals surface area (Å²) in [5, 5.41) is 22.8. The van der Waals surface area contributed by atoms with Crippen LogP contribution in [-0.4, -0.2) is 100 Å². The van der Waals surface area contributed by atoms with Crippen LogP contribution in [0.5, 0.6) is 0 Å². The van der Waals surface area contributed by atoms with Crippen LogP contribution in [0.2, 0.25) is 0 Å². The minimum Gasteiger partial charge on any atom is -0.265 e. The van der Waals surface area contributed by atoms with E-state index in [0.29, 0.717) is 35.5 Å². The average molecular weight is 1740 g/mol. The van der Waals surface area contributed by atoms with Gasteiger partial charge in [0, 0.05) is 131 Å². The average Bonchev–Trinajstić information content (AvgIpc) is 0.891. The molecule has 10 heterocycles. The highest BCUT2D eigenvalue weighted by Crippen LogP contribution is 2.22. The summed E-state index contributed by atoms with van der Waals surface area (Å²) in [6.07, 6.45) is 32.4. The fraction of sp³-hybridized carbons (Fsp3) is 0.566. The van der Waals surface area contributed by atoms with Crippen molar-refractivity contribution < 1.29 is 0 Å². The van der Waals surface area contributed by atoms with Crippen LogP contribution in [0, 0.1) is 0 Å². The minimum absolute atomic E-state index is 0.00819. The first-order valence-corrected chi connectivity index (χ1v) is 46.6. The molecule has 20 heteroatoms. The van der Waals surface area contributed by atoms with Crippen molar-refractivity contribution in [3.8, 4) is 0 Å². The Hall–Kier alpha value is -9.98. The number of nitrogens with zero attached hydrogens (tertiary/aromatic N) is 20. The molecule has 0 aliphatic rings. The quantitative estimate of drug-likeness (QED) is 0.150. The van der Waals surface area contributed by atoms with Gasteiger partial charge in [0.2, 0.25) is 0 Å². The SMILES string of the molecule is CC.CC.CC.CC.CC.CC.CC.CC.CC.CC.CC.CC(C)(C)c1ccccn1.CC(C)(C)c1cccnn1.CC(C)(C)c1cnccn1.CC(C)(C)c1cnncn1.CC(C)(C)c1nccnn1.CC(C)c1ccccc1.CC(C)c1cccnc1.CC(C)c1ccncc1.CC(C)c1ccncn1.CC(C)c1ncccn1.CC(C)c1ncncn1. The van der Waals surface area contributed by atoms with Crippen LogP contribution in [0.3, 0.4) is 0 Å². The summed E-state index contributed by atoms with van der Waals surface area (Å²) in [7, 11) is 0. The van der Waals surface area contributed by atoms with Crippen LogP contribution in [0.25, 0.3) is 0 Å². The van der Waals surface area contributed by atoms with Crippen molar-refractivity contribution in [1.29, 1.82) is 0 Å². The van der Waals surface area contributed by atoms with Crippen molar-refractivity contribution in [2.45, 2.75) is 402 Å². The van der Waals surface area contributed by atoms with E-state index in [0.717, 1.165) is 45.9 Å². The van der Waals surface area contributed by atoms with Gasteiger partial charge in [-0.05, 0) is 95.0 Å². The number of hydrogen-bond donors (Lipinski definition) is 0. The van der Waals surface area contributed by atoms with Gasteiger partial charge in [0.15, 0.2) is 5.82 Å². The Morgan fingerprint density at radius 3 is 0.849 bits per heavy atom. The highest BCUT2D eigenvalue weighted by molar-refractivity contribution is 5.18. The molecule has 0 fully saturated rings. The largest absolute Gasteiger partial charge is 0.265 e. The third kappa shape index (κ3) is 83.6. The van der Waals surface area contributed by atoms with E-state index in [-0.39, 0.29) is 27.1 Å². The smallest absolute Gasteiger partial charge is 0.156 e. The second kappa shape index (κ2) is 94.2. The highest BCUT2D eigenvalue weighted by atomic mass is 15.1. The lowest BCUT2D eigenvalue weighted by molar-refractivity contribution is 0.533. The summed E-state index contributed by atoms with van der Waals surface area (Å²) in [6.45, 7) is 101. The van der Waals surface area contributed by atoms with E-state index >= 15 is 0 Å². The summed E-state index contributed by atoms with van der Waals surface area (Å²) in [5.41, 5.74) is 9.88. The van der Waals surface area contributed by atoms with Crippen molar-refractivity contribution in [3.05, 3.63) is 278 Å². The van der Waals surface area contributed by atoms with Gasteiger partial charge in [-0.25, -0.2) is 44.9 Å². The normalized spacial score (nSPS) is 9.42. The fourth-order valence-corrected chi connectivity index (χ4v) is 7.51. The maximum atomic E-state index is 4.25. The second-order valence-corrected chi connectivity index (χ2v) is 30.8. The van der Waals surface area contributed by atoms with E-state index in [1.807, 2.05) is 238 Å². The van der Waals surface area contributed by atoms with Crippen molar-refractivity contribution >= 4 is 0 Å². The maximum absolute atomic E-state index is 4.25. The van der Waals surface area contributed by atoms with Gasteiger partial charge in [0.05, 0.1) is 29.5 Å². The summed E-state index contributed by atoms with van der Waals surface area (Å²) in [5.74, 6) is 5.77. The van der Waals surface area contributed by atoms with Gasteiger partial charge < -0.3 is 0 Å². The fourth-order valence-electron chi connectivity index (χ4n) is 7.51. The van der Waals surface area contributed by atoms with E-state index in [1.54, 1.807) is 74.5 Å². The van der Waals surface area contributed by atoms with Gasteiger partial charge in [0.25, 0.3) is 0 Å². The molecule has 0 spiro atoms. The Kier molecular flexibility index (Phi) is 104. The zero-order valence-electron chi connectivity index (χ0n) is 89.6. The number of aromatic nitrogens is 20. The molecular weight excluding hydrogens is 1550 g/mol. The third-order valence-electron chi connectivity index (χ3n) is 14.0. The third-order valence-corrected chi connectivity index (χ3v) is 14.0. The van der Waals surface area contributed by atoms with Crippen molar-refractivity contribution in [2.24, 2.45) is 0 Å². The van der Waals surface area contributed by atoms with Crippen molar-refractivity contribution in [1.82, 2.24) is 100 Å². The molecule has 11 aromatic rings. The number of pyridine rings is 3. The lowest BCUT2D eigenvalue weighted by Crippen LogP contribution is -2.15. The molecule has 0 saturated heterocycles. The van der Waals surface area contributed by atoms with Gasteiger partial charge >= 0.3 is 0 Å². The summed E-state index contributed by atoms with van der Waals surface area (Å²) >= 11 is 0. The van der Waals surface area contributed by atoms with Crippen LogP contribution in [0.15, 0.2) is 215 Å². The zero-order valence-corrected chi connectivity index (χ0v) is 89.6. The molecule has 0 unspecified atom stereocenters. The van der Waals surface area contributed by atoms with Crippen LogP contribution in [-0.2, 0) is 27.1 Å². The number of rotatable bonds is 6. The first kappa shape index (κ1) is 139. The minimum atomic E-state index is 0.00819. The van der Waals surface area contributed by atoms with Gasteiger partial charge in [0.1, 0.15) is 37.0 Å². The highest BCUT2D eigenvalue weighted by Gasteiger charge is 2.18. The molecule has 712 valence electrons. The zero-order chi connectivity index (χ0) is 100. The molecule has 11 rings (SSSR count). The summed E-state index contributed by atoms with van der Waals surface area (Å²) < 4.78 is 0. The predicted molar refractivity (Wildman–Crippen MR) is 550 cm³/mol. The van der Waals surface area contributed by atoms with E-state index in [4.69, 9.17) is 0 Å². The van der Waals surface area contributed by atoms with Crippen molar-refractivity contribution in [2.75, 3.05) is 0 Å². The van der Waals surface area contributed by atoms with Gasteiger partial charge in [-0.1, -0.05) is 382 Å². The molecule has 0 N–H and O–H groups in total. The van der Waals surface area contributed by atoms with Crippen LogP contribution >= 0.6 is 0 Å². The van der Waals surface area contributed by atoms with Gasteiger partial charge in [-0.2, -0.15) is 20.4 Å². The summed E-state index contributed by atoms with van der Waals surface area (Å²) in [4.78, 5) is 56.1. The molecule has 0 radical (unpaired) electrons. The molecular formula is C106H188N20. The van der Waals surface area contributed by atoms with Gasteiger partial charge in [-0.3, -0.25) is 24.9 Å². The lowest BCUT2D eigenvalue weighted by Gasteiger charge is -2.16. The van der Waals surface area contributed by atoms with Crippen molar-refractivity contribution in [3.63, 3.8) is 0 Å². The first-order valence-electron chi connectivity index (χ1n) is 46.6. The molecule has 126 heavy (non-hydrogen) atoms. The molecule has 0 amide bonds. The van der Waals surface area contributed by atoms with E-state index < -0.39 is 0 Å². The molecule has 20 nitrogen and oxygen atoms in total. The Balaban J connectivity index is -0.000000125. The second-order valence-electron chi connectivity index (χ2n) is 30.8. The van der Waals surface area contributed by atoms with E-state index in [9.17, 15) is 0 Å². The summed E-state index contributed by atoms with van der Waals surface area (Å²) in [6, 6.07) is 32.4. The Morgan fingerprint density at radius 1 is 0.198 bits per heavy atom. The van der Waals surface area contributed by atoms with Crippen LogP contribution in [0.4, 0.5) is 0 Å². The number of hydrogen-bond acceptors (Lipinski definition) is 20. The monoisotopic (exact) mass is 1740 g/mol. The van der Waals surface area contributed by atoms with Crippen LogP contribution in [0.1, 0.15) is 437 Å². The molecule has 0 bridgehead atoms. The maximum Gasteiger partial charge on any atom is 0.156 e. The lowest BCUT2D eigenvalue weighted by atomic mass is 9.92. The van der Waals surface area contributed by atoms with E-state index in [1.165, 1.54) is 35.7 Å².